The quantitative estimate of drug-likeness (QED) is 0.506. The van der Waals surface area contributed by atoms with Crippen molar-refractivity contribution in [3.8, 4) is 0 Å². The first-order valence-corrected chi connectivity index (χ1v) is 4.11. The van der Waals surface area contributed by atoms with Gasteiger partial charge in [-0.15, -0.1) is 0 Å². The maximum Gasteiger partial charge on any atom is 0.0819 e. The summed E-state index contributed by atoms with van der Waals surface area (Å²) >= 11 is 0. The molecule has 0 aromatic heterocycles. The minimum atomic E-state index is -0.688. The van der Waals surface area contributed by atoms with Gasteiger partial charge in [-0.2, -0.15) is 0 Å². The van der Waals surface area contributed by atoms with Gasteiger partial charge in [0.05, 0.1) is 5.60 Å². The molecule has 3 N–H and O–H groups in total. The van der Waals surface area contributed by atoms with Crippen molar-refractivity contribution in [1.29, 1.82) is 0 Å². The van der Waals surface area contributed by atoms with E-state index in [-0.39, 0.29) is 12.0 Å². The van der Waals surface area contributed by atoms with Gasteiger partial charge in [0.15, 0.2) is 0 Å². The lowest BCUT2D eigenvalue weighted by atomic mass is 9.81. The highest BCUT2D eigenvalue weighted by atomic mass is 16.3. The van der Waals surface area contributed by atoms with Crippen LogP contribution in [0.1, 0.15) is 13.8 Å². The Labute approximate surface area is 68.2 Å². The molecule has 1 fully saturated rings. The fourth-order valence-corrected chi connectivity index (χ4v) is 1.61. The summed E-state index contributed by atoms with van der Waals surface area (Å²) in [6.45, 7) is 5.59. The van der Waals surface area contributed by atoms with Crippen molar-refractivity contribution in [2.75, 3.05) is 20.1 Å². The molecule has 66 valence electrons. The maximum atomic E-state index is 9.88. The minimum Gasteiger partial charge on any atom is -0.388 e. The van der Waals surface area contributed by atoms with Crippen LogP contribution < -0.4 is 5.73 Å². The van der Waals surface area contributed by atoms with E-state index in [1.807, 2.05) is 20.9 Å². The van der Waals surface area contributed by atoms with Crippen LogP contribution >= 0.6 is 0 Å². The van der Waals surface area contributed by atoms with Crippen LogP contribution in [0.25, 0.3) is 0 Å². The predicted octanol–water partition coefficient (Wildman–Crippen LogP) is -0.354. The third-order valence-corrected chi connectivity index (χ3v) is 2.84. The van der Waals surface area contributed by atoms with Crippen molar-refractivity contribution in [1.82, 2.24) is 4.90 Å². The number of hydrogen-bond donors (Lipinski definition) is 2. The lowest BCUT2D eigenvalue weighted by Gasteiger charge is -2.44. The van der Waals surface area contributed by atoms with E-state index in [2.05, 4.69) is 4.90 Å². The van der Waals surface area contributed by atoms with Gasteiger partial charge in [0.2, 0.25) is 0 Å². The first-order valence-electron chi connectivity index (χ1n) is 4.11. The predicted molar refractivity (Wildman–Crippen MR) is 45.3 cm³/mol. The summed E-state index contributed by atoms with van der Waals surface area (Å²) in [7, 11) is 2.03. The van der Waals surface area contributed by atoms with Crippen molar-refractivity contribution in [3.05, 3.63) is 0 Å². The van der Waals surface area contributed by atoms with E-state index in [0.717, 1.165) is 13.1 Å². The normalized spacial score (nSPS) is 47.7. The van der Waals surface area contributed by atoms with E-state index in [1.54, 1.807) is 0 Å². The second-order valence-corrected chi connectivity index (χ2v) is 3.95. The summed E-state index contributed by atoms with van der Waals surface area (Å²) in [5, 5.41) is 9.88. The molecule has 0 aliphatic carbocycles. The second kappa shape index (κ2) is 2.73. The molecule has 3 heteroatoms. The number of aliphatic hydroxyl groups is 1. The number of rotatable bonds is 0. The molecule has 0 aromatic carbocycles. The fourth-order valence-electron chi connectivity index (χ4n) is 1.61. The summed E-state index contributed by atoms with van der Waals surface area (Å²) < 4.78 is 0. The number of likely N-dealkylation sites (tertiary alicyclic amines) is 1. The molecule has 0 bridgehead atoms. The number of nitrogens with zero attached hydrogens (tertiary/aromatic N) is 1. The SMILES string of the molecule is C[C@H]1CN(C)C[C@@H](N)[C@]1(C)O. The van der Waals surface area contributed by atoms with E-state index >= 15 is 0 Å². The molecular weight excluding hydrogens is 140 g/mol. The average Bonchev–Trinajstić information content (AvgIpc) is 1.84. The Hall–Kier alpha value is -0.120. The van der Waals surface area contributed by atoms with E-state index in [4.69, 9.17) is 5.73 Å². The Balaban J connectivity index is 2.67. The molecule has 1 heterocycles. The molecule has 1 rings (SSSR count). The zero-order chi connectivity index (χ0) is 8.65. The molecule has 3 atom stereocenters. The summed E-state index contributed by atoms with van der Waals surface area (Å²) in [6, 6.07) is -0.115. The Morgan fingerprint density at radius 3 is 2.55 bits per heavy atom. The molecule has 11 heavy (non-hydrogen) atoms. The van der Waals surface area contributed by atoms with Gasteiger partial charge in [0.25, 0.3) is 0 Å². The van der Waals surface area contributed by atoms with Crippen molar-refractivity contribution in [2.45, 2.75) is 25.5 Å². The zero-order valence-electron chi connectivity index (χ0n) is 7.54. The van der Waals surface area contributed by atoms with Gasteiger partial charge in [0.1, 0.15) is 0 Å². The van der Waals surface area contributed by atoms with Crippen LogP contribution in [0.15, 0.2) is 0 Å². The van der Waals surface area contributed by atoms with Gasteiger partial charge >= 0.3 is 0 Å². The number of likely N-dealkylation sites (N-methyl/N-ethyl adjacent to an activating group) is 1. The highest BCUT2D eigenvalue weighted by Crippen LogP contribution is 2.25. The van der Waals surface area contributed by atoms with Crippen molar-refractivity contribution < 1.29 is 5.11 Å². The van der Waals surface area contributed by atoms with Gasteiger partial charge in [-0.1, -0.05) is 6.92 Å². The van der Waals surface area contributed by atoms with E-state index < -0.39 is 5.60 Å². The van der Waals surface area contributed by atoms with Crippen LogP contribution in [0.4, 0.5) is 0 Å². The highest BCUT2D eigenvalue weighted by molar-refractivity contribution is 4.96. The van der Waals surface area contributed by atoms with Crippen molar-refractivity contribution >= 4 is 0 Å². The van der Waals surface area contributed by atoms with Gasteiger partial charge in [-0.25, -0.2) is 0 Å². The zero-order valence-corrected chi connectivity index (χ0v) is 7.54. The summed E-state index contributed by atoms with van der Waals surface area (Å²) in [4.78, 5) is 2.16. The lowest BCUT2D eigenvalue weighted by Crippen LogP contribution is -2.61. The molecular formula is C8H18N2O. The molecule has 0 radical (unpaired) electrons. The molecule has 3 nitrogen and oxygen atoms in total. The maximum absolute atomic E-state index is 9.88. The average molecular weight is 158 g/mol. The van der Waals surface area contributed by atoms with Crippen LogP contribution in [0.2, 0.25) is 0 Å². The van der Waals surface area contributed by atoms with Gasteiger partial charge in [0, 0.05) is 19.1 Å². The fraction of sp³-hybridized carbons (Fsp3) is 1.00. The molecule has 0 unspecified atom stereocenters. The summed E-state index contributed by atoms with van der Waals surface area (Å²) in [5.74, 6) is 0.260. The number of piperidine rings is 1. The minimum absolute atomic E-state index is 0.115. The van der Waals surface area contributed by atoms with Crippen LogP contribution in [-0.2, 0) is 0 Å². The third kappa shape index (κ3) is 1.55. The van der Waals surface area contributed by atoms with Gasteiger partial charge in [-0.05, 0) is 19.9 Å². The van der Waals surface area contributed by atoms with Crippen molar-refractivity contribution in [2.24, 2.45) is 11.7 Å². The topological polar surface area (TPSA) is 49.5 Å². The Morgan fingerprint density at radius 1 is 1.55 bits per heavy atom. The standard InChI is InChI=1S/C8H18N2O/c1-6-4-10(3)5-7(9)8(6,2)11/h6-7,11H,4-5,9H2,1-3H3/t6-,7+,8+/m0/s1. The van der Waals surface area contributed by atoms with E-state index in [1.165, 1.54) is 0 Å². The first-order chi connectivity index (χ1) is 4.94. The molecule has 1 saturated heterocycles. The molecule has 1 aliphatic rings. The summed E-state index contributed by atoms with van der Waals surface area (Å²) in [6.07, 6.45) is 0. The molecule has 0 aromatic rings. The molecule has 0 amide bonds. The largest absolute Gasteiger partial charge is 0.388 e. The number of nitrogens with two attached hydrogens (primary N) is 1. The van der Waals surface area contributed by atoms with Crippen LogP contribution in [-0.4, -0.2) is 41.8 Å². The first kappa shape index (κ1) is 8.97. The molecule has 0 spiro atoms. The van der Waals surface area contributed by atoms with E-state index in [9.17, 15) is 5.11 Å². The Kier molecular flexibility index (Phi) is 2.23. The third-order valence-electron chi connectivity index (χ3n) is 2.84. The Bertz CT molecular complexity index is 133. The van der Waals surface area contributed by atoms with Crippen molar-refractivity contribution in [3.63, 3.8) is 0 Å². The van der Waals surface area contributed by atoms with E-state index in [0.29, 0.717) is 0 Å². The van der Waals surface area contributed by atoms with Gasteiger partial charge < -0.3 is 15.7 Å². The number of hydrogen-bond acceptors (Lipinski definition) is 3. The second-order valence-electron chi connectivity index (χ2n) is 3.95. The van der Waals surface area contributed by atoms with Crippen LogP contribution in [0, 0.1) is 5.92 Å². The molecule has 0 saturated carbocycles. The van der Waals surface area contributed by atoms with Crippen LogP contribution in [0.3, 0.4) is 0 Å². The molecule has 1 aliphatic heterocycles. The highest BCUT2D eigenvalue weighted by Gasteiger charge is 2.39. The van der Waals surface area contributed by atoms with Crippen LogP contribution in [0.5, 0.6) is 0 Å². The lowest BCUT2D eigenvalue weighted by molar-refractivity contribution is -0.0612. The monoisotopic (exact) mass is 158 g/mol. The van der Waals surface area contributed by atoms with Gasteiger partial charge in [-0.3, -0.25) is 0 Å². The summed E-state index contributed by atoms with van der Waals surface area (Å²) in [5.41, 5.74) is 5.11. The smallest absolute Gasteiger partial charge is 0.0819 e. The Morgan fingerprint density at radius 2 is 2.09 bits per heavy atom.